The average Bonchev–Trinajstić information content (AvgIpc) is 2.71. The number of hydrogen-bond donors (Lipinski definition) is 2. The van der Waals surface area contributed by atoms with Crippen molar-refractivity contribution in [1.82, 2.24) is 4.57 Å². The van der Waals surface area contributed by atoms with Gasteiger partial charge in [0.15, 0.2) is 0 Å². The number of anilines is 3. The predicted octanol–water partition coefficient (Wildman–Crippen LogP) is 3.64. The number of halogens is 1. The third-order valence-electron chi connectivity index (χ3n) is 3.18. The second kappa shape index (κ2) is 4.31. The van der Waals surface area contributed by atoms with Crippen LogP contribution in [0.2, 0.25) is 0 Å². The van der Waals surface area contributed by atoms with E-state index < -0.39 is 0 Å². The topological polar surface area (TPSA) is 43.0 Å². The summed E-state index contributed by atoms with van der Waals surface area (Å²) in [6.45, 7) is 0. The van der Waals surface area contributed by atoms with Gasteiger partial charge in [0.25, 0.3) is 0 Å². The Bertz CT molecular complexity index is 746. The van der Waals surface area contributed by atoms with Gasteiger partial charge in [0.2, 0.25) is 0 Å². The number of nitrogens with zero attached hydrogens (tertiary/aromatic N) is 1. The second-order valence-corrected chi connectivity index (χ2v) is 4.53. The summed E-state index contributed by atoms with van der Waals surface area (Å²) in [4.78, 5) is 0. The molecule has 3 N–H and O–H groups in total. The maximum atomic E-state index is 13.0. The monoisotopic (exact) mass is 255 g/mol. The molecule has 3 nitrogen and oxygen atoms in total. The van der Waals surface area contributed by atoms with Gasteiger partial charge in [-0.25, -0.2) is 4.39 Å². The molecule has 0 bridgehead atoms. The summed E-state index contributed by atoms with van der Waals surface area (Å²) in [5.74, 6) is -0.332. The van der Waals surface area contributed by atoms with Crippen LogP contribution in [-0.4, -0.2) is 4.57 Å². The van der Waals surface area contributed by atoms with Gasteiger partial charge in [-0.2, -0.15) is 0 Å². The molecule has 0 aliphatic carbocycles. The van der Waals surface area contributed by atoms with Crippen molar-refractivity contribution in [3.05, 3.63) is 54.5 Å². The Kier molecular flexibility index (Phi) is 2.63. The van der Waals surface area contributed by atoms with Crippen molar-refractivity contribution in [2.45, 2.75) is 0 Å². The molecule has 0 aliphatic rings. The first kappa shape index (κ1) is 11.6. The van der Waals surface area contributed by atoms with E-state index in [9.17, 15) is 4.39 Å². The van der Waals surface area contributed by atoms with Crippen molar-refractivity contribution < 1.29 is 4.39 Å². The van der Waals surface area contributed by atoms with Crippen LogP contribution in [0.3, 0.4) is 0 Å². The zero-order chi connectivity index (χ0) is 13.4. The van der Waals surface area contributed by atoms with E-state index in [1.165, 1.54) is 12.1 Å². The van der Waals surface area contributed by atoms with Crippen molar-refractivity contribution in [1.29, 1.82) is 0 Å². The maximum absolute atomic E-state index is 13.0. The molecular formula is C15H14FN3. The standard InChI is InChI=1S/C15H14FN3/c1-19-9-14(11-4-2-3-5-15(11)19)18-13-7-6-10(16)8-12(13)17/h2-9,18H,17H2,1H3. The summed E-state index contributed by atoms with van der Waals surface area (Å²) in [6.07, 6.45) is 1.99. The van der Waals surface area contributed by atoms with Crippen LogP contribution in [0, 0.1) is 5.82 Å². The second-order valence-electron chi connectivity index (χ2n) is 4.53. The molecule has 0 saturated heterocycles. The number of hydrogen-bond acceptors (Lipinski definition) is 2. The van der Waals surface area contributed by atoms with Crippen LogP contribution in [0.15, 0.2) is 48.7 Å². The van der Waals surface area contributed by atoms with Crippen LogP contribution in [0.4, 0.5) is 21.5 Å². The molecule has 0 aliphatic heterocycles. The van der Waals surface area contributed by atoms with Crippen LogP contribution in [-0.2, 0) is 7.05 Å². The van der Waals surface area contributed by atoms with Gasteiger partial charge in [-0.3, -0.25) is 0 Å². The molecule has 19 heavy (non-hydrogen) atoms. The number of benzene rings is 2. The third-order valence-corrected chi connectivity index (χ3v) is 3.18. The number of fused-ring (bicyclic) bond motifs is 1. The van der Waals surface area contributed by atoms with Crippen LogP contribution >= 0.6 is 0 Å². The average molecular weight is 255 g/mol. The molecule has 0 radical (unpaired) electrons. The zero-order valence-electron chi connectivity index (χ0n) is 10.5. The van der Waals surface area contributed by atoms with Gasteiger partial charge in [0.05, 0.1) is 17.1 Å². The molecule has 0 fully saturated rings. The molecule has 2 aromatic carbocycles. The summed E-state index contributed by atoms with van der Waals surface area (Å²) < 4.78 is 15.1. The van der Waals surface area contributed by atoms with E-state index in [-0.39, 0.29) is 5.82 Å². The van der Waals surface area contributed by atoms with Crippen LogP contribution < -0.4 is 11.1 Å². The van der Waals surface area contributed by atoms with E-state index in [0.717, 1.165) is 16.6 Å². The Morgan fingerprint density at radius 3 is 2.68 bits per heavy atom. The number of nitrogen functional groups attached to an aromatic ring is 1. The Labute approximate surface area is 110 Å². The summed E-state index contributed by atoms with van der Waals surface area (Å²) in [5, 5.41) is 4.36. The number of nitrogens with one attached hydrogen (secondary N) is 1. The molecule has 3 rings (SSSR count). The highest BCUT2D eigenvalue weighted by Gasteiger charge is 2.07. The molecule has 3 aromatic rings. The highest BCUT2D eigenvalue weighted by molar-refractivity contribution is 5.95. The SMILES string of the molecule is Cn1cc(Nc2ccc(F)cc2N)c2ccccc21. The molecule has 0 spiro atoms. The van der Waals surface area contributed by atoms with E-state index in [0.29, 0.717) is 11.4 Å². The zero-order valence-corrected chi connectivity index (χ0v) is 10.5. The van der Waals surface area contributed by atoms with Gasteiger partial charge in [-0.1, -0.05) is 18.2 Å². The summed E-state index contributed by atoms with van der Waals surface area (Å²) in [7, 11) is 1.99. The van der Waals surface area contributed by atoms with Gasteiger partial charge >= 0.3 is 0 Å². The molecule has 0 saturated carbocycles. The number of aryl methyl sites for hydroxylation is 1. The van der Waals surface area contributed by atoms with Crippen molar-refractivity contribution >= 4 is 28.0 Å². The fourth-order valence-corrected chi connectivity index (χ4v) is 2.23. The quantitative estimate of drug-likeness (QED) is 0.686. The minimum atomic E-state index is -0.332. The molecule has 1 aromatic heterocycles. The minimum absolute atomic E-state index is 0.332. The lowest BCUT2D eigenvalue weighted by molar-refractivity contribution is 0.628. The largest absolute Gasteiger partial charge is 0.397 e. The lowest BCUT2D eigenvalue weighted by atomic mass is 10.2. The van der Waals surface area contributed by atoms with Gasteiger partial charge in [0, 0.05) is 24.1 Å². The van der Waals surface area contributed by atoms with Gasteiger partial charge in [-0.05, 0) is 24.3 Å². The predicted molar refractivity (Wildman–Crippen MR) is 77.0 cm³/mol. The van der Waals surface area contributed by atoms with Crippen molar-refractivity contribution in [3.63, 3.8) is 0 Å². The highest BCUT2D eigenvalue weighted by atomic mass is 19.1. The molecule has 96 valence electrons. The van der Waals surface area contributed by atoms with Crippen molar-refractivity contribution in [3.8, 4) is 0 Å². The summed E-state index contributed by atoms with van der Waals surface area (Å²) in [6, 6.07) is 12.4. The molecule has 1 heterocycles. The first-order valence-corrected chi connectivity index (χ1v) is 6.01. The van der Waals surface area contributed by atoms with Crippen LogP contribution in [0.25, 0.3) is 10.9 Å². The molecular weight excluding hydrogens is 241 g/mol. The normalized spacial score (nSPS) is 10.8. The van der Waals surface area contributed by atoms with Gasteiger partial charge < -0.3 is 15.6 Å². The fraction of sp³-hybridized carbons (Fsp3) is 0.0667. The number of nitrogens with two attached hydrogens (primary N) is 1. The minimum Gasteiger partial charge on any atom is -0.397 e. The van der Waals surface area contributed by atoms with Crippen LogP contribution in [0.5, 0.6) is 0 Å². The molecule has 0 unspecified atom stereocenters. The van der Waals surface area contributed by atoms with E-state index in [4.69, 9.17) is 5.73 Å². The van der Waals surface area contributed by atoms with E-state index in [2.05, 4.69) is 11.4 Å². The summed E-state index contributed by atoms with van der Waals surface area (Å²) >= 11 is 0. The van der Waals surface area contributed by atoms with Crippen molar-refractivity contribution in [2.24, 2.45) is 7.05 Å². The van der Waals surface area contributed by atoms with E-state index in [1.807, 2.05) is 36.0 Å². The first-order valence-electron chi connectivity index (χ1n) is 6.01. The van der Waals surface area contributed by atoms with Crippen LogP contribution in [0.1, 0.15) is 0 Å². The van der Waals surface area contributed by atoms with E-state index >= 15 is 0 Å². The highest BCUT2D eigenvalue weighted by Crippen LogP contribution is 2.30. The Morgan fingerprint density at radius 2 is 1.89 bits per heavy atom. The maximum Gasteiger partial charge on any atom is 0.125 e. The van der Waals surface area contributed by atoms with E-state index in [1.54, 1.807) is 6.07 Å². The molecule has 0 amide bonds. The fourth-order valence-electron chi connectivity index (χ4n) is 2.23. The molecule has 4 heteroatoms. The van der Waals surface area contributed by atoms with Gasteiger partial charge in [0.1, 0.15) is 5.82 Å². The number of para-hydroxylation sites is 1. The number of aromatic nitrogens is 1. The van der Waals surface area contributed by atoms with Gasteiger partial charge in [-0.15, -0.1) is 0 Å². The lowest BCUT2D eigenvalue weighted by Gasteiger charge is -2.08. The lowest BCUT2D eigenvalue weighted by Crippen LogP contribution is -1.96. The Hall–Kier alpha value is -2.49. The summed E-state index contributed by atoms with van der Waals surface area (Å²) in [5.41, 5.74) is 9.00. The Morgan fingerprint density at radius 1 is 1.11 bits per heavy atom. The third kappa shape index (κ3) is 2.01. The smallest absolute Gasteiger partial charge is 0.125 e. The number of rotatable bonds is 2. The first-order chi connectivity index (χ1) is 9.15. The Balaban J connectivity index is 2.06. The molecule has 0 atom stereocenters. The van der Waals surface area contributed by atoms with Crippen molar-refractivity contribution in [2.75, 3.05) is 11.1 Å².